The molecule has 0 spiro atoms. The first-order valence-corrected chi connectivity index (χ1v) is 8.61. The number of piperidine rings is 1. The zero-order valence-electron chi connectivity index (χ0n) is 14.5. The number of ether oxygens (including phenoxy) is 2. The Kier molecular flexibility index (Phi) is 4.43. The van der Waals surface area contributed by atoms with Gasteiger partial charge in [-0.3, -0.25) is 9.78 Å². The number of nitrogens with zero attached hydrogens (tertiary/aromatic N) is 3. The maximum absolute atomic E-state index is 12.8. The number of rotatable bonds is 4. The third-order valence-corrected chi connectivity index (χ3v) is 4.62. The van der Waals surface area contributed by atoms with Crippen LogP contribution in [0.1, 0.15) is 23.3 Å². The fourth-order valence-corrected chi connectivity index (χ4v) is 3.21. The minimum absolute atomic E-state index is 0.0121. The molecule has 1 saturated heterocycles. The Hall–Kier alpha value is -3.09. The molecule has 0 unspecified atom stereocenters. The van der Waals surface area contributed by atoms with Gasteiger partial charge in [-0.2, -0.15) is 0 Å². The molecule has 7 heteroatoms. The summed E-state index contributed by atoms with van der Waals surface area (Å²) in [4.78, 5) is 26.0. The van der Waals surface area contributed by atoms with Gasteiger partial charge in [0.1, 0.15) is 17.5 Å². The highest BCUT2D eigenvalue weighted by molar-refractivity contribution is 5.98. The fraction of sp³-hybridized carbons (Fsp3) is 0.316. The first-order valence-electron chi connectivity index (χ1n) is 8.61. The molecule has 7 nitrogen and oxygen atoms in total. The van der Waals surface area contributed by atoms with Crippen LogP contribution in [0.3, 0.4) is 0 Å². The van der Waals surface area contributed by atoms with Crippen LogP contribution in [0.25, 0.3) is 10.9 Å². The van der Waals surface area contributed by atoms with Crippen LogP contribution in [0.5, 0.6) is 11.6 Å². The summed E-state index contributed by atoms with van der Waals surface area (Å²) in [5.74, 6) is 1.31. The van der Waals surface area contributed by atoms with E-state index in [4.69, 9.17) is 9.47 Å². The van der Waals surface area contributed by atoms with Crippen LogP contribution in [-0.2, 0) is 0 Å². The second kappa shape index (κ2) is 7.03. The van der Waals surface area contributed by atoms with Crippen molar-refractivity contribution in [3.05, 3.63) is 48.5 Å². The van der Waals surface area contributed by atoms with Gasteiger partial charge in [0.05, 0.1) is 13.3 Å². The maximum atomic E-state index is 12.8. The largest absolute Gasteiger partial charge is 0.497 e. The van der Waals surface area contributed by atoms with Crippen molar-refractivity contribution >= 4 is 16.8 Å². The molecule has 0 atom stereocenters. The normalized spacial score (nSPS) is 15.2. The molecule has 2 aromatic heterocycles. The van der Waals surface area contributed by atoms with E-state index < -0.39 is 0 Å². The van der Waals surface area contributed by atoms with Crippen molar-refractivity contribution in [3.63, 3.8) is 0 Å². The van der Waals surface area contributed by atoms with E-state index in [1.165, 1.54) is 0 Å². The molecule has 3 heterocycles. The van der Waals surface area contributed by atoms with Gasteiger partial charge < -0.3 is 19.4 Å². The van der Waals surface area contributed by atoms with Crippen LogP contribution in [0, 0.1) is 0 Å². The molecule has 1 fully saturated rings. The van der Waals surface area contributed by atoms with Crippen molar-refractivity contribution in [2.24, 2.45) is 0 Å². The number of aromatic nitrogens is 3. The Morgan fingerprint density at radius 1 is 1.23 bits per heavy atom. The van der Waals surface area contributed by atoms with Gasteiger partial charge in [0.25, 0.3) is 5.91 Å². The number of aromatic amines is 1. The molecule has 0 aliphatic carbocycles. The van der Waals surface area contributed by atoms with Crippen LogP contribution >= 0.6 is 0 Å². The molecule has 4 rings (SSSR count). The zero-order chi connectivity index (χ0) is 17.9. The Morgan fingerprint density at radius 3 is 2.81 bits per heavy atom. The molecule has 26 heavy (non-hydrogen) atoms. The van der Waals surface area contributed by atoms with E-state index in [1.54, 1.807) is 25.7 Å². The van der Waals surface area contributed by atoms with Crippen molar-refractivity contribution in [2.75, 3.05) is 20.2 Å². The number of nitrogens with one attached hydrogen (secondary N) is 1. The molecule has 1 amide bonds. The molecule has 1 aliphatic heterocycles. The summed E-state index contributed by atoms with van der Waals surface area (Å²) in [6.07, 6.45) is 6.44. The Labute approximate surface area is 151 Å². The average Bonchev–Trinajstić information content (AvgIpc) is 3.12. The predicted octanol–water partition coefficient (Wildman–Crippen LogP) is 2.65. The third kappa shape index (κ3) is 3.33. The molecular formula is C19H20N4O3. The molecule has 1 aromatic carbocycles. The quantitative estimate of drug-likeness (QED) is 0.781. The van der Waals surface area contributed by atoms with E-state index in [0.717, 1.165) is 29.5 Å². The second-order valence-corrected chi connectivity index (χ2v) is 6.29. The van der Waals surface area contributed by atoms with Crippen LogP contribution in [0.2, 0.25) is 0 Å². The molecule has 1 N–H and O–H groups in total. The van der Waals surface area contributed by atoms with Crippen molar-refractivity contribution in [1.82, 2.24) is 19.9 Å². The smallest absolute Gasteiger partial charge is 0.270 e. The lowest BCUT2D eigenvalue weighted by Crippen LogP contribution is -2.42. The number of carbonyl (C=O) groups is 1. The first-order chi connectivity index (χ1) is 12.7. The van der Waals surface area contributed by atoms with Crippen LogP contribution in [0.4, 0.5) is 0 Å². The monoisotopic (exact) mass is 352 g/mol. The summed E-state index contributed by atoms with van der Waals surface area (Å²) in [7, 11) is 1.63. The van der Waals surface area contributed by atoms with Crippen LogP contribution in [-0.4, -0.2) is 52.1 Å². The van der Waals surface area contributed by atoms with Crippen LogP contribution in [0.15, 0.2) is 42.9 Å². The van der Waals surface area contributed by atoms with E-state index in [2.05, 4.69) is 15.0 Å². The predicted molar refractivity (Wildman–Crippen MR) is 96.4 cm³/mol. The minimum atomic E-state index is 0.0121. The van der Waals surface area contributed by atoms with Gasteiger partial charge in [-0.25, -0.2) is 4.98 Å². The number of H-pyrrole nitrogens is 1. The Bertz CT molecular complexity index is 902. The highest BCUT2D eigenvalue weighted by Crippen LogP contribution is 2.23. The van der Waals surface area contributed by atoms with E-state index in [1.807, 2.05) is 29.2 Å². The number of methoxy groups -OCH3 is 1. The van der Waals surface area contributed by atoms with Crippen molar-refractivity contribution < 1.29 is 14.3 Å². The minimum Gasteiger partial charge on any atom is -0.497 e. The van der Waals surface area contributed by atoms with Gasteiger partial charge in [0.2, 0.25) is 5.88 Å². The average molecular weight is 352 g/mol. The van der Waals surface area contributed by atoms with E-state index in [-0.39, 0.29) is 12.0 Å². The van der Waals surface area contributed by atoms with E-state index in [0.29, 0.717) is 24.7 Å². The summed E-state index contributed by atoms with van der Waals surface area (Å²) < 4.78 is 11.1. The van der Waals surface area contributed by atoms with Gasteiger partial charge in [0, 0.05) is 55.3 Å². The molecule has 0 saturated carbocycles. The number of hydrogen-bond donors (Lipinski definition) is 1. The molecule has 3 aromatic rings. The third-order valence-electron chi connectivity index (χ3n) is 4.62. The summed E-state index contributed by atoms with van der Waals surface area (Å²) in [6.45, 7) is 1.31. The van der Waals surface area contributed by atoms with Gasteiger partial charge in [-0.15, -0.1) is 0 Å². The van der Waals surface area contributed by atoms with Crippen molar-refractivity contribution in [1.29, 1.82) is 0 Å². The second-order valence-electron chi connectivity index (χ2n) is 6.29. The Morgan fingerprint density at radius 2 is 2.08 bits per heavy atom. The zero-order valence-corrected chi connectivity index (χ0v) is 14.5. The van der Waals surface area contributed by atoms with Crippen molar-refractivity contribution in [3.8, 4) is 11.6 Å². The summed E-state index contributed by atoms with van der Waals surface area (Å²) >= 11 is 0. The first kappa shape index (κ1) is 16.4. The SMILES string of the molecule is COc1ccc2cc(C(=O)N3CCC(Oc4cnccn4)CC3)[nH]c2c1. The summed E-state index contributed by atoms with van der Waals surface area (Å²) in [5.41, 5.74) is 1.50. The standard InChI is InChI=1S/C19H20N4O3/c1-25-15-3-2-13-10-17(22-16(13)11-15)19(24)23-8-4-14(5-9-23)26-18-12-20-6-7-21-18/h2-3,6-7,10-12,14,22H,4-5,8-9H2,1H3. The summed E-state index contributed by atoms with van der Waals surface area (Å²) in [6, 6.07) is 7.62. The highest BCUT2D eigenvalue weighted by Gasteiger charge is 2.26. The van der Waals surface area contributed by atoms with Gasteiger partial charge in [-0.1, -0.05) is 0 Å². The number of benzene rings is 1. The van der Waals surface area contributed by atoms with Gasteiger partial charge in [-0.05, 0) is 18.2 Å². The molecule has 134 valence electrons. The summed E-state index contributed by atoms with van der Waals surface area (Å²) in [5, 5.41) is 0.995. The lowest BCUT2D eigenvalue weighted by Gasteiger charge is -2.31. The number of amides is 1. The number of fused-ring (bicyclic) bond motifs is 1. The number of carbonyl (C=O) groups excluding carboxylic acids is 1. The topological polar surface area (TPSA) is 80.3 Å². The molecule has 0 radical (unpaired) electrons. The number of hydrogen-bond acceptors (Lipinski definition) is 5. The molecule has 1 aliphatic rings. The number of likely N-dealkylation sites (tertiary alicyclic amines) is 1. The highest BCUT2D eigenvalue weighted by atomic mass is 16.5. The van der Waals surface area contributed by atoms with Crippen molar-refractivity contribution in [2.45, 2.75) is 18.9 Å². The fourth-order valence-electron chi connectivity index (χ4n) is 3.21. The van der Waals surface area contributed by atoms with Gasteiger partial charge in [0.15, 0.2) is 0 Å². The van der Waals surface area contributed by atoms with E-state index in [9.17, 15) is 4.79 Å². The lowest BCUT2D eigenvalue weighted by atomic mass is 10.1. The lowest BCUT2D eigenvalue weighted by molar-refractivity contribution is 0.0582. The van der Waals surface area contributed by atoms with E-state index >= 15 is 0 Å². The Balaban J connectivity index is 1.40. The molecule has 0 bridgehead atoms. The maximum Gasteiger partial charge on any atom is 0.270 e. The van der Waals surface area contributed by atoms with Gasteiger partial charge >= 0.3 is 0 Å². The van der Waals surface area contributed by atoms with Crippen LogP contribution < -0.4 is 9.47 Å². The molecular weight excluding hydrogens is 332 g/mol.